The second-order valence-electron chi connectivity index (χ2n) is 29.7. The number of ketones is 5. The lowest BCUT2D eigenvalue weighted by Crippen LogP contribution is -2.53. The Hall–Kier alpha value is -5.68. The summed E-state index contributed by atoms with van der Waals surface area (Å²) in [5.41, 5.74) is 0. The number of aliphatic hydroxyl groups is 1. The van der Waals surface area contributed by atoms with E-state index in [0.29, 0.717) is 19.3 Å². The minimum Gasteiger partial charge on any atom is -0.392 e. The maximum Gasteiger partial charge on any atom is 0.245 e. The molecule has 0 saturated carbocycles. The third-order valence-electron chi connectivity index (χ3n) is 18.5. The topological polar surface area (TPSA) is 278 Å². The largest absolute Gasteiger partial charge is 0.392 e. The minimum absolute atomic E-state index is 0.0802. The van der Waals surface area contributed by atoms with Crippen molar-refractivity contribution in [1.29, 1.82) is 5.26 Å². The Morgan fingerprint density at radius 2 is 1.11 bits per heavy atom. The number of nitriles is 1. The number of ether oxygens (including phenoxy) is 1. The normalized spacial score (nSPS) is 25.5. The number of unbranched alkanes of at least 4 members (excludes halogenated alkanes) is 4. The molecule has 0 spiro atoms. The predicted molar refractivity (Wildman–Crippen MR) is 375 cm³/mol. The average molecular weight is 1340 g/mol. The molecular formula is C75H131N7O13. The van der Waals surface area contributed by atoms with Gasteiger partial charge in [0.1, 0.15) is 12.1 Å². The van der Waals surface area contributed by atoms with Crippen molar-refractivity contribution < 1.29 is 62.6 Å². The second kappa shape index (κ2) is 45.8. The van der Waals surface area contributed by atoms with Crippen molar-refractivity contribution in [2.75, 3.05) is 34.8 Å². The monoisotopic (exact) mass is 1340 g/mol. The highest BCUT2D eigenvalue weighted by Gasteiger charge is 2.43. The Bertz CT molecular complexity index is 2500. The number of likely N-dealkylation sites (N-methyl/N-ethyl adjacent to an activating group) is 4. The molecule has 1 heterocycles. The van der Waals surface area contributed by atoms with Gasteiger partial charge in [-0.25, -0.2) is 0 Å². The van der Waals surface area contributed by atoms with Gasteiger partial charge in [0, 0.05) is 97.5 Å². The highest BCUT2D eigenvalue weighted by atomic mass is 16.5. The van der Waals surface area contributed by atoms with Crippen LogP contribution in [0.3, 0.4) is 0 Å². The number of nitrogens with one attached hydrogen (secondary N) is 2. The summed E-state index contributed by atoms with van der Waals surface area (Å²) in [6.45, 7) is 35.3. The molecule has 1 aliphatic rings. The van der Waals surface area contributed by atoms with Gasteiger partial charge in [0.15, 0.2) is 28.9 Å². The maximum absolute atomic E-state index is 14.9. The van der Waals surface area contributed by atoms with E-state index in [0.717, 1.165) is 5.92 Å². The molecule has 1 saturated heterocycles. The van der Waals surface area contributed by atoms with Gasteiger partial charge < -0.3 is 40.1 Å². The zero-order valence-corrected chi connectivity index (χ0v) is 63.1. The van der Waals surface area contributed by atoms with Crippen LogP contribution >= 0.6 is 0 Å². The molecule has 544 valence electrons. The summed E-state index contributed by atoms with van der Waals surface area (Å²) < 4.78 is 6.14. The van der Waals surface area contributed by atoms with E-state index in [4.69, 9.17) is 10.00 Å². The smallest absolute Gasteiger partial charge is 0.245 e. The van der Waals surface area contributed by atoms with Crippen molar-refractivity contribution in [3.63, 3.8) is 0 Å². The number of allylic oxidation sites excluding steroid dienone is 2. The molecule has 20 nitrogen and oxygen atoms in total. The first-order valence-corrected chi connectivity index (χ1v) is 35.9. The molecule has 0 aromatic carbocycles. The number of carbonyl (C=O) groups is 11. The molecule has 0 bridgehead atoms. The number of hydrogen-bond acceptors (Lipinski definition) is 14. The molecule has 95 heavy (non-hydrogen) atoms. The Morgan fingerprint density at radius 3 is 1.60 bits per heavy atom. The second-order valence-corrected chi connectivity index (χ2v) is 29.7. The van der Waals surface area contributed by atoms with Crippen LogP contribution in [0, 0.1) is 76.4 Å². The number of nitrogens with zero attached hydrogens (tertiary/aromatic N) is 5. The van der Waals surface area contributed by atoms with Crippen molar-refractivity contribution in [3.8, 4) is 6.07 Å². The van der Waals surface area contributed by atoms with Crippen LogP contribution in [-0.4, -0.2) is 172 Å². The molecule has 1 aliphatic heterocycles. The lowest BCUT2D eigenvalue weighted by Gasteiger charge is -2.36. The number of Topliss-reactive ketones (excluding diaryl/α,β-unsaturated/α-hetero) is 5. The molecular weight excluding hydrogens is 1210 g/mol. The van der Waals surface area contributed by atoms with Crippen LogP contribution < -0.4 is 10.6 Å². The van der Waals surface area contributed by atoms with Crippen molar-refractivity contribution in [2.45, 2.75) is 296 Å². The van der Waals surface area contributed by atoms with E-state index >= 15 is 0 Å². The zero-order chi connectivity index (χ0) is 73.3. The first-order valence-electron chi connectivity index (χ1n) is 35.9. The van der Waals surface area contributed by atoms with E-state index in [-0.39, 0.29) is 88.6 Å². The predicted octanol–water partition coefficient (Wildman–Crippen LogP) is 11.1. The molecule has 0 radical (unpaired) electrons. The fourth-order valence-electron chi connectivity index (χ4n) is 12.6. The van der Waals surface area contributed by atoms with E-state index in [2.05, 4.69) is 37.5 Å². The molecule has 0 aromatic heterocycles. The van der Waals surface area contributed by atoms with Gasteiger partial charge in [-0.3, -0.25) is 52.7 Å². The fraction of sp³-hybridized carbons (Fsp3) is 0.813. The first kappa shape index (κ1) is 89.3. The van der Waals surface area contributed by atoms with Gasteiger partial charge in [0.25, 0.3) is 0 Å². The number of hydrogen-bond donors (Lipinski definition) is 3. The van der Waals surface area contributed by atoms with Crippen LogP contribution in [0.15, 0.2) is 12.2 Å². The molecule has 13 atom stereocenters. The third-order valence-corrected chi connectivity index (χ3v) is 18.5. The van der Waals surface area contributed by atoms with E-state index in [1.54, 1.807) is 61.5 Å². The number of amides is 6. The van der Waals surface area contributed by atoms with E-state index in [1.165, 1.54) is 80.4 Å². The standard InChI is InChI=1S/C67H113N7O13.C8H18/c1-21-23-27-44(13)62(81)50-38-57(78)60(43(11)12)74(20)66(85)48(32-39(3)4)36-56(77)53(34-41(7)8)71(17)65(84)46(15)69-63(82)45(14)35-55(76)52(33-40(5)6)72(18)67(86)49(42(9)10)37-58(79)61(47(16)87-31-26-24-25-30-68)73(19)59(80)29-28-54(75)51(22-2)70-64(50)83;1-4-5-6-7-8(2)3/h21,23,39-53,60-62,81H,22,24-29,31-38H2,1-20H3,(H,69,82)(H,70,83);8H,4-7H2,1-3H3/b23-21+;/t44-,45-,46-,47-,48-,49+,50+,51+,52+,53+,60+,61+,62-;/m1./s1. The highest BCUT2D eigenvalue weighted by Crippen LogP contribution is 2.30. The summed E-state index contributed by atoms with van der Waals surface area (Å²) in [5, 5.41) is 26.6. The molecule has 6 amide bonds. The summed E-state index contributed by atoms with van der Waals surface area (Å²) >= 11 is 0. The van der Waals surface area contributed by atoms with Crippen LogP contribution in [0.2, 0.25) is 0 Å². The van der Waals surface area contributed by atoms with Gasteiger partial charge in [-0.05, 0) is 107 Å². The van der Waals surface area contributed by atoms with Crippen LogP contribution in [-0.2, 0) is 57.5 Å². The van der Waals surface area contributed by atoms with Crippen LogP contribution in [0.4, 0.5) is 0 Å². The molecule has 1 rings (SSSR count). The van der Waals surface area contributed by atoms with E-state index in [1.807, 2.05) is 54.5 Å². The minimum atomic E-state index is -1.39. The molecule has 0 aromatic rings. The maximum atomic E-state index is 14.9. The van der Waals surface area contributed by atoms with E-state index in [9.17, 15) is 57.8 Å². The average Bonchev–Trinajstić information content (AvgIpc) is 0.862. The number of aliphatic hydroxyl groups excluding tert-OH is 1. The van der Waals surface area contributed by atoms with Crippen molar-refractivity contribution in [1.82, 2.24) is 30.2 Å². The third kappa shape index (κ3) is 31.2. The molecule has 3 N–H and O–H groups in total. The Morgan fingerprint density at radius 1 is 0.568 bits per heavy atom. The fourth-order valence-corrected chi connectivity index (χ4v) is 12.6. The van der Waals surface area contributed by atoms with Crippen LogP contribution in [0.25, 0.3) is 0 Å². The van der Waals surface area contributed by atoms with Gasteiger partial charge in [-0.15, -0.1) is 0 Å². The summed E-state index contributed by atoms with van der Waals surface area (Å²) in [4.78, 5) is 165. The van der Waals surface area contributed by atoms with Crippen LogP contribution in [0.5, 0.6) is 0 Å². The summed E-state index contributed by atoms with van der Waals surface area (Å²) in [6.07, 6.45) is 7.15. The van der Waals surface area contributed by atoms with Crippen molar-refractivity contribution in [2.24, 2.45) is 65.1 Å². The SMILES string of the molecule is C/C=C/C[C@@H](C)[C@@H](O)[C@@H]1CC(=O)[C@H](C(C)C)N(C)C(=O)[C@H](CC(C)C)CC(=O)[C@H](CC(C)C)N(C)C(=O)[C@@H](C)NC(=O)[C@H](C)CC(=O)[C@H](CC(C)C)N(C)C(=O)[C@H](C(C)C)CC(=O)[C@H]([C@@H](C)OCCCCC#N)N(C)C(=O)CCC(=O)[C@H](CC)NC1=O.CCCCCC(C)C. The number of rotatable bonds is 23. The highest BCUT2D eigenvalue weighted by molar-refractivity contribution is 5.99. The molecule has 20 heteroatoms. The summed E-state index contributed by atoms with van der Waals surface area (Å²) in [6, 6.07) is -4.61. The van der Waals surface area contributed by atoms with Crippen LogP contribution in [0.1, 0.15) is 247 Å². The van der Waals surface area contributed by atoms with Gasteiger partial charge >= 0.3 is 0 Å². The van der Waals surface area contributed by atoms with Gasteiger partial charge in [0.2, 0.25) is 35.4 Å². The Labute approximate surface area is 573 Å². The molecule has 0 unspecified atom stereocenters. The van der Waals surface area contributed by atoms with Crippen molar-refractivity contribution >= 4 is 64.4 Å². The molecule has 0 aliphatic carbocycles. The Balaban J connectivity index is 0.0000103. The number of carbonyl (C=O) groups excluding carboxylic acids is 11. The van der Waals surface area contributed by atoms with Crippen molar-refractivity contribution in [3.05, 3.63) is 12.2 Å². The Kier molecular flexibility index (Phi) is 43.0. The quantitative estimate of drug-likeness (QED) is 0.0634. The first-order chi connectivity index (χ1) is 44.3. The zero-order valence-electron chi connectivity index (χ0n) is 63.1. The van der Waals surface area contributed by atoms with Gasteiger partial charge in [-0.2, -0.15) is 5.26 Å². The summed E-state index contributed by atoms with van der Waals surface area (Å²) in [5.74, 6) is -11.1. The van der Waals surface area contributed by atoms with Gasteiger partial charge in [-0.1, -0.05) is 149 Å². The summed E-state index contributed by atoms with van der Waals surface area (Å²) in [7, 11) is 5.87. The molecule has 1 fully saturated rings. The van der Waals surface area contributed by atoms with E-state index < -0.39 is 161 Å². The lowest BCUT2D eigenvalue weighted by atomic mass is 9.82. The van der Waals surface area contributed by atoms with Gasteiger partial charge in [0.05, 0.1) is 48.4 Å². The lowest BCUT2D eigenvalue weighted by molar-refractivity contribution is -0.148.